The largest absolute Gasteiger partial charge is 0.398 e. The third-order valence-corrected chi connectivity index (χ3v) is 4.18. The van der Waals surface area contributed by atoms with Crippen molar-refractivity contribution >= 4 is 21.4 Å². The Balaban J connectivity index is 2.99. The topological polar surface area (TPSA) is 87.5 Å². The molecule has 0 aliphatic carbocycles. The van der Waals surface area contributed by atoms with Crippen molar-refractivity contribution in [1.82, 2.24) is 10.0 Å². The van der Waals surface area contributed by atoms with Gasteiger partial charge in [-0.25, -0.2) is 13.1 Å². The Morgan fingerprint density at radius 3 is 2.50 bits per heavy atom. The summed E-state index contributed by atoms with van der Waals surface area (Å²) >= 11 is 0. The lowest BCUT2D eigenvalue weighted by Crippen LogP contribution is -2.27. The standard InChI is InChI=1S/C11H20N4O2S/c1-13-6-7-15(3)9-4-5-11(10(12)8-9)18(16,17)14-2/h4-5,8,13-14H,6-7,12H2,1-3H3. The fourth-order valence-corrected chi connectivity index (χ4v) is 2.37. The van der Waals surface area contributed by atoms with Gasteiger partial charge in [0, 0.05) is 25.8 Å². The van der Waals surface area contributed by atoms with Gasteiger partial charge in [0.2, 0.25) is 10.0 Å². The molecule has 18 heavy (non-hydrogen) atoms. The van der Waals surface area contributed by atoms with E-state index < -0.39 is 10.0 Å². The minimum atomic E-state index is -3.49. The van der Waals surface area contributed by atoms with E-state index in [1.165, 1.54) is 13.1 Å². The Morgan fingerprint density at radius 2 is 2.00 bits per heavy atom. The average molecular weight is 272 g/mol. The van der Waals surface area contributed by atoms with Gasteiger partial charge in [-0.3, -0.25) is 0 Å². The molecular weight excluding hydrogens is 252 g/mol. The summed E-state index contributed by atoms with van der Waals surface area (Å²) in [5.41, 5.74) is 6.92. The van der Waals surface area contributed by atoms with Gasteiger partial charge in [0.1, 0.15) is 4.90 Å². The number of nitrogens with zero attached hydrogens (tertiary/aromatic N) is 1. The summed E-state index contributed by atoms with van der Waals surface area (Å²) in [6, 6.07) is 4.93. The molecule has 0 bridgehead atoms. The van der Waals surface area contributed by atoms with Crippen molar-refractivity contribution in [3.63, 3.8) is 0 Å². The number of anilines is 2. The molecule has 0 spiro atoms. The van der Waals surface area contributed by atoms with Crippen molar-refractivity contribution in [3.8, 4) is 0 Å². The van der Waals surface area contributed by atoms with Crippen LogP contribution in [0.5, 0.6) is 0 Å². The SMILES string of the molecule is CNCCN(C)c1ccc(S(=O)(=O)NC)c(N)c1. The molecule has 7 heteroatoms. The Bertz CT molecular complexity index is 502. The minimum Gasteiger partial charge on any atom is -0.398 e. The lowest BCUT2D eigenvalue weighted by molar-refractivity contribution is 0.588. The van der Waals surface area contributed by atoms with Crippen LogP contribution < -0.4 is 20.7 Å². The Hall–Kier alpha value is -1.31. The van der Waals surface area contributed by atoms with E-state index in [-0.39, 0.29) is 10.6 Å². The number of likely N-dealkylation sites (N-methyl/N-ethyl adjacent to an activating group) is 2. The van der Waals surface area contributed by atoms with Crippen LogP contribution in [0.25, 0.3) is 0 Å². The number of nitrogens with two attached hydrogens (primary N) is 1. The summed E-state index contributed by atoms with van der Waals surface area (Å²) in [5.74, 6) is 0. The highest BCUT2D eigenvalue weighted by atomic mass is 32.2. The van der Waals surface area contributed by atoms with Crippen molar-refractivity contribution in [2.24, 2.45) is 0 Å². The first-order chi connectivity index (χ1) is 8.42. The molecule has 1 rings (SSSR count). The second-order valence-electron chi connectivity index (χ2n) is 3.95. The monoisotopic (exact) mass is 272 g/mol. The number of nitrogens with one attached hydrogen (secondary N) is 2. The lowest BCUT2D eigenvalue weighted by Gasteiger charge is -2.20. The first-order valence-corrected chi connectivity index (χ1v) is 7.09. The molecule has 0 fully saturated rings. The van der Waals surface area contributed by atoms with Crippen LogP contribution >= 0.6 is 0 Å². The van der Waals surface area contributed by atoms with Gasteiger partial charge in [0.15, 0.2) is 0 Å². The molecule has 1 aromatic rings. The van der Waals surface area contributed by atoms with Crippen LogP contribution in [0, 0.1) is 0 Å². The van der Waals surface area contributed by atoms with Crippen LogP contribution in [0.15, 0.2) is 23.1 Å². The zero-order valence-electron chi connectivity index (χ0n) is 10.9. The van der Waals surface area contributed by atoms with E-state index in [1.807, 2.05) is 19.0 Å². The highest BCUT2D eigenvalue weighted by Gasteiger charge is 2.15. The number of hydrogen-bond donors (Lipinski definition) is 3. The molecule has 0 aliphatic rings. The van der Waals surface area contributed by atoms with E-state index in [0.29, 0.717) is 0 Å². The zero-order chi connectivity index (χ0) is 13.8. The molecule has 1 aromatic carbocycles. The van der Waals surface area contributed by atoms with E-state index in [4.69, 9.17) is 5.73 Å². The highest BCUT2D eigenvalue weighted by Crippen LogP contribution is 2.23. The van der Waals surface area contributed by atoms with Crippen molar-refractivity contribution in [2.45, 2.75) is 4.90 Å². The second-order valence-corrected chi connectivity index (χ2v) is 5.81. The van der Waals surface area contributed by atoms with Crippen molar-refractivity contribution in [2.75, 3.05) is 44.9 Å². The Kier molecular flexibility index (Phi) is 4.94. The summed E-state index contributed by atoms with van der Waals surface area (Å²) < 4.78 is 25.6. The molecule has 0 amide bonds. The lowest BCUT2D eigenvalue weighted by atomic mass is 10.2. The minimum absolute atomic E-state index is 0.107. The maximum absolute atomic E-state index is 11.7. The summed E-state index contributed by atoms with van der Waals surface area (Å²) in [6.07, 6.45) is 0. The molecular formula is C11H20N4O2S. The molecule has 102 valence electrons. The van der Waals surface area contributed by atoms with Crippen LogP contribution in [-0.2, 0) is 10.0 Å². The molecule has 0 heterocycles. The van der Waals surface area contributed by atoms with Gasteiger partial charge in [-0.15, -0.1) is 0 Å². The van der Waals surface area contributed by atoms with Gasteiger partial charge < -0.3 is 16.0 Å². The predicted molar refractivity (Wildman–Crippen MR) is 74.3 cm³/mol. The molecule has 0 saturated heterocycles. The van der Waals surface area contributed by atoms with Gasteiger partial charge in [0.25, 0.3) is 0 Å². The maximum atomic E-state index is 11.7. The van der Waals surface area contributed by atoms with E-state index in [1.54, 1.807) is 12.1 Å². The van der Waals surface area contributed by atoms with Gasteiger partial charge >= 0.3 is 0 Å². The fraction of sp³-hybridized carbons (Fsp3) is 0.455. The van der Waals surface area contributed by atoms with Crippen LogP contribution in [0.4, 0.5) is 11.4 Å². The summed E-state index contributed by atoms with van der Waals surface area (Å²) in [6.45, 7) is 1.65. The summed E-state index contributed by atoms with van der Waals surface area (Å²) in [7, 11) is 1.68. The molecule has 0 aromatic heterocycles. The molecule has 4 N–H and O–H groups in total. The average Bonchev–Trinajstić information content (AvgIpc) is 2.35. The van der Waals surface area contributed by atoms with E-state index in [9.17, 15) is 8.42 Å². The third-order valence-electron chi connectivity index (χ3n) is 2.69. The number of hydrogen-bond acceptors (Lipinski definition) is 5. The summed E-state index contributed by atoms with van der Waals surface area (Å²) in [5, 5.41) is 3.05. The van der Waals surface area contributed by atoms with Gasteiger partial charge in [-0.05, 0) is 32.3 Å². The number of nitrogen functional groups attached to an aromatic ring is 1. The Morgan fingerprint density at radius 1 is 1.33 bits per heavy atom. The van der Waals surface area contributed by atoms with Crippen molar-refractivity contribution < 1.29 is 8.42 Å². The first kappa shape index (κ1) is 14.7. The van der Waals surface area contributed by atoms with Crippen molar-refractivity contribution in [1.29, 1.82) is 0 Å². The van der Waals surface area contributed by atoms with E-state index in [2.05, 4.69) is 10.0 Å². The van der Waals surface area contributed by atoms with Gasteiger partial charge in [-0.2, -0.15) is 0 Å². The summed E-state index contributed by atoms with van der Waals surface area (Å²) in [4.78, 5) is 2.11. The normalized spacial score (nSPS) is 11.5. The molecule has 0 aliphatic heterocycles. The number of rotatable bonds is 6. The molecule has 0 atom stereocenters. The molecule has 0 unspecified atom stereocenters. The maximum Gasteiger partial charge on any atom is 0.242 e. The van der Waals surface area contributed by atoms with Crippen molar-refractivity contribution in [3.05, 3.63) is 18.2 Å². The number of benzene rings is 1. The predicted octanol–water partition coefficient (Wildman–Crippen LogP) is -0.167. The van der Waals surface area contributed by atoms with Crippen LogP contribution in [-0.4, -0.2) is 42.7 Å². The van der Waals surface area contributed by atoms with E-state index >= 15 is 0 Å². The van der Waals surface area contributed by atoms with Crippen LogP contribution in [0.2, 0.25) is 0 Å². The molecule has 0 radical (unpaired) electrons. The first-order valence-electron chi connectivity index (χ1n) is 5.61. The second kappa shape index (κ2) is 6.03. The van der Waals surface area contributed by atoms with E-state index in [0.717, 1.165) is 18.8 Å². The Labute approximate surface area is 108 Å². The third kappa shape index (κ3) is 3.34. The quantitative estimate of drug-likeness (QED) is 0.626. The number of sulfonamides is 1. The van der Waals surface area contributed by atoms with Gasteiger partial charge in [-0.1, -0.05) is 0 Å². The van der Waals surface area contributed by atoms with Crippen LogP contribution in [0.1, 0.15) is 0 Å². The smallest absolute Gasteiger partial charge is 0.242 e. The van der Waals surface area contributed by atoms with Gasteiger partial charge in [0.05, 0.1) is 5.69 Å². The fourth-order valence-electron chi connectivity index (χ4n) is 1.54. The molecule has 0 saturated carbocycles. The van der Waals surface area contributed by atoms with Crippen LogP contribution in [0.3, 0.4) is 0 Å². The zero-order valence-corrected chi connectivity index (χ0v) is 11.7. The molecule has 6 nitrogen and oxygen atoms in total. The highest BCUT2D eigenvalue weighted by molar-refractivity contribution is 7.89.